The van der Waals surface area contributed by atoms with Crippen molar-refractivity contribution in [2.24, 2.45) is 0 Å². The van der Waals surface area contributed by atoms with Gasteiger partial charge in [0.1, 0.15) is 6.17 Å². The average Bonchev–Trinajstić information content (AvgIpc) is 3.39. The predicted octanol–water partition coefficient (Wildman–Crippen LogP) is 5.16. The molecule has 2 aliphatic heterocycles. The number of ether oxygens (including phenoxy) is 1. The summed E-state index contributed by atoms with van der Waals surface area (Å²) >= 11 is 0. The fourth-order valence-electron chi connectivity index (χ4n) is 4.43. The first-order valence-electron chi connectivity index (χ1n) is 10.2. The molecule has 3 aromatic rings. The van der Waals surface area contributed by atoms with Crippen LogP contribution >= 0.6 is 0 Å². The molecule has 3 aromatic carbocycles. The van der Waals surface area contributed by atoms with Gasteiger partial charge in [-0.1, -0.05) is 54.6 Å². The molecule has 1 fully saturated rings. The molecule has 5 rings (SSSR count). The number of benzene rings is 3. The Morgan fingerprint density at radius 3 is 2.10 bits per heavy atom. The number of para-hydroxylation sites is 2. The SMILES string of the molecule is O=C1c2ccccc2[C@H](N(c2ccccc2)c2ccccc2)N1C[C@H]1CCCO1. The highest BCUT2D eigenvalue weighted by atomic mass is 16.5. The third-order valence-corrected chi connectivity index (χ3v) is 5.76. The predicted molar refractivity (Wildman–Crippen MR) is 114 cm³/mol. The Balaban J connectivity index is 1.64. The maximum atomic E-state index is 13.4. The summed E-state index contributed by atoms with van der Waals surface area (Å²) in [6.07, 6.45) is 1.96. The number of nitrogens with zero attached hydrogens (tertiary/aromatic N) is 2. The van der Waals surface area contributed by atoms with Crippen LogP contribution < -0.4 is 4.90 Å². The Bertz CT molecular complexity index is 944. The molecule has 2 atom stereocenters. The summed E-state index contributed by atoms with van der Waals surface area (Å²) in [6, 6.07) is 28.6. The van der Waals surface area contributed by atoms with E-state index in [1.807, 2.05) is 59.5 Å². The van der Waals surface area contributed by atoms with Crippen LogP contribution in [0.5, 0.6) is 0 Å². The third-order valence-electron chi connectivity index (χ3n) is 5.76. The zero-order valence-electron chi connectivity index (χ0n) is 16.3. The van der Waals surface area contributed by atoms with E-state index in [0.717, 1.165) is 42.0 Å². The van der Waals surface area contributed by atoms with Crippen molar-refractivity contribution in [2.45, 2.75) is 25.1 Å². The highest BCUT2D eigenvalue weighted by molar-refractivity contribution is 6.00. The van der Waals surface area contributed by atoms with E-state index in [1.54, 1.807) is 0 Å². The van der Waals surface area contributed by atoms with Crippen molar-refractivity contribution in [2.75, 3.05) is 18.1 Å². The van der Waals surface area contributed by atoms with Gasteiger partial charge in [0.05, 0.1) is 6.10 Å². The molecule has 29 heavy (non-hydrogen) atoms. The topological polar surface area (TPSA) is 32.8 Å². The standard InChI is InChI=1S/C25H24N2O2/c28-25-23-16-8-7-15-22(23)24(26(25)18-21-14-9-17-29-21)27(19-10-3-1-4-11-19)20-12-5-2-6-13-20/h1-8,10-13,15-16,21,24H,9,14,17-18H2/t21-,24+/m1/s1. The van der Waals surface area contributed by atoms with Crippen LogP contribution in [0.25, 0.3) is 0 Å². The van der Waals surface area contributed by atoms with Crippen molar-refractivity contribution >= 4 is 17.3 Å². The second-order valence-electron chi connectivity index (χ2n) is 7.59. The molecule has 0 aromatic heterocycles. The molecule has 0 aliphatic carbocycles. The van der Waals surface area contributed by atoms with Gasteiger partial charge in [0.25, 0.3) is 5.91 Å². The summed E-state index contributed by atoms with van der Waals surface area (Å²) in [7, 11) is 0. The number of carbonyl (C=O) groups excluding carboxylic acids is 1. The number of amides is 1. The van der Waals surface area contributed by atoms with Crippen LogP contribution in [0.3, 0.4) is 0 Å². The van der Waals surface area contributed by atoms with Crippen molar-refractivity contribution in [1.29, 1.82) is 0 Å². The Hall–Kier alpha value is -3.11. The van der Waals surface area contributed by atoms with Crippen LogP contribution in [0.15, 0.2) is 84.9 Å². The average molecular weight is 384 g/mol. The van der Waals surface area contributed by atoms with Crippen LogP contribution in [0, 0.1) is 0 Å². The van der Waals surface area contributed by atoms with Gasteiger partial charge in [0.15, 0.2) is 0 Å². The molecule has 2 aliphatic rings. The number of anilines is 2. The van der Waals surface area contributed by atoms with Crippen molar-refractivity contribution in [3.63, 3.8) is 0 Å². The highest BCUT2D eigenvalue weighted by Gasteiger charge is 2.42. The minimum atomic E-state index is -0.201. The smallest absolute Gasteiger partial charge is 0.256 e. The molecule has 1 saturated heterocycles. The molecule has 0 spiro atoms. The fourth-order valence-corrected chi connectivity index (χ4v) is 4.43. The van der Waals surface area contributed by atoms with Crippen molar-refractivity contribution < 1.29 is 9.53 Å². The zero-order chi connectivity index (χ0) is 19.6. The van der Waals surface area contributed by atoms with E-state index < -0.39 is 0 Å². The number of hydrogen-bond acceptors (Lipinski definition) is 3. The summed E-state index contributed by atoms with van der Waals surface area (Å²) in [5, 5.41) is 0. The molecule has 0 saturated carbocycles. The summed E-state index contributed by atoms with van der Waals surface area (Å²) < 4.78 is 5.89. The summed E-state index contributed by atoms with van der Waals surface area (Å²) in [6.45, 7) is 1.39. The first-order valence-corrected chi connectivity index (χ1v) is 10.2. The fraction of sp³-hybridized carbons (Fsp3) is 0.240. The third kappa shape index (κ3) is 3.30. The molecule has 4 nitrogen and oxygen atoms in total. The summed E-state index contributed by atoms with van der Waals surface area (Å²) in [4.78, 5) is 17.7. The molecular weight excluding hydrogens is 360 g/mol. The minimum Gasteiger partial charge on any atom is -0.376 e. The van der Waals surface area contributed by atoms with Crippen molar-refractivity contribution in [3.8, 4) is 0 Å². The number of hydrogen-bond donors (Lipinski definition) is 0. The first-order chi connectivity index (χ1) is 14.3. The Kier molecular flexibility index (Phi) is 4.78. The maximum absolute atomic E-state index is 13.4. The lowest BCUT2D eigenvalue weighted by Crippen LogP contribution is -2.41. The van der Waals surface area contributed by atoms with Gasteiger partial charge in [0, 0.05) is 35.7 Å². The van der Waals surface area contributed by atoms with Crippen LogP contribution in [-0.2, 0) is 4.74 Å². The Labute approximate surface area is 171 Å². The molecular formula is C25H24N2O2. The quantitative estimate of drug-likeness (QED) is 0.609. The number of fused-ring (bicyclic) bond motifs is 1. The van der Waals surface area contributed by atoms with Crippen molar-refractivity contribution in [1.82, 2.24) is 4.90 Å². The molecule has 0 bridgehead atoms. The normalized spacial score (nSPS) is 20.7. The van der Waals surface area contributed by atoms with Crippen LogP contribution in [0.4, 0.5) is 11.4 Å². The largest absolute Gasteiger partial charge is 0.376 e. The monoisotopic (exact) mass is 384 g/mol. The van der Waals surface area contributed by atoms with Crippen molar-refractivity contribution in [3.05, 3.63) is 96.1 Å². The second-order valence-corrected chi connectivity index (χ2v) is 7.59. The lowest BCUT2D eigenvalue weighted by Gasteiger charge is -2.38. The number of carbonyl (C=O) groups is 1. The molecule has 0 unspecified atom stereocenters. The molecule has 1 amide bonds. The molecule has 4 heteroatoms. The highest BCUT2D eigenvalue weighted by Crippen LogP contribution is 2.43. The second kappa shape index (κ2) is 7.72. The Morgan fingerprint density at radius 2 is 1.48 bits per heavy atom. The molecule has 2 heterocycles. The van der Waals surface area contributed by atoms with Crippen LogP contribution in [0.2, 0.25) is 0 Å². The molecule has 0 N–H and O–H groups in total. The van der Waals surface area contributed by atoms with Gasteiger partial charge >= 0.3 is 0 Å². The Morgan fingerprint density at radius 1 is 0.862 bits per heavy atom. The van der Waals surface area contributed by atoms with E-state index in [4.69, 9.17) is 4.74 Å². The minimum absolute atomic E-state index is 0.0814. The summed E-state index contributed by atoms with van der Waals surface area (Å²) in [5.74, 6) is 0.0814. The van der Waals surface area contributed by atoms with Gasteiger partial charge in [-0.15, -0.1) is 0 Å². The van der Waals surface area contributed by atoms with Gasteiger partial charge in [-0.3, -0.25) is 4.79 Å². The van der Waals surface area contributed by atoms with Gasteiger partial charge in [-0.05, 0) is 43.2 Å². The lowest BCUT2D eigenvalue weighted by atomic mass is 10.1. The van der Waals surface area contributed by atoms with Crippen LogP contribution in [-0.4, -0.2) is 30.1 Å². The van der Waals surface area contributed by atoms with E-state index in [9.17, 15) is 4.79 Å². The van der Waals surface area contributed by atoms with E-state index in [-0.39, 0.29) is 18.2 Å². The van der Waals surface area contributed by atoms with E-state index in [2.05, 4.69) is 35.2 Å². The van der Waals surface area contributed by atoms with E-state index in [0.29, 0.717) is 6.54 Å². The van der Waals surface area contributed by atoms with E-state index >= 15 is 0 Å². The van der Waals surface area contributed by atoms with E-state index in [1.165, 1.54) is 0 Å². The summed E-state index contributed by atoms with van der Waals surface area (Å²) in [5.41, 5.74) is 3.95. The molecule has 0 radical (unpaired) electrons. The van der Waals surface area contributed by atoms with Crippen LogP contribution in [0.1, 0.15) is 34.9 Å². The van der Waals surface area contributed by atoms with Gasteiger partial charge in [-0.25, -0.2) is 0 Å². The van der Waals surface area contributed by atoms with Gasteiger partial charge in [0.2, 0.25) is 0 Å². The van der Waals surface area contributed by atoms with Gasteiger partial charge in [-0.2, -0.15) is 0 Å². The zero-order valence-corrected chi connectivity index (χ0v) is 16.3. The maximum Gasteiger partial charge on any atom is 0.256 e. The van der Waals surface area contributed by atoms with Gasteiger partial charge < -0.3 is 14.5 Å². The lowest BCUT2D eigenvalue weighted by molar-refractivity contribution is 0.0468. The first kappa shape index (κ1) is 18.0. The number of rotatable bonds is 5. The molecule has 146 valence electrons.